The highest BCUT2D eigenvalue weighted by molar-refractivity contribution is 7.98. The van der Waals surface area contributed by atoms with Gasteiger partial charge in [-0.2, -0.15) is 13.2 Å². The Balaban J connectivity index is 1.61. The molecule has 204 valence electrons. The number of anilines is 2. The van der Waals surface area contributed by atoms with Gasteiger partial charge in [0, 0.05) is 29.6 Å². The van der Waals surface area contributed by atoms with Crippen molar-refractivity contribution in [1.82, 2.24) is 9.47 Å². The van der Waals surface area contributed by atoms with Crippen molar-refractivity contribution in [3.05, 3.63) is 48.2 Å². The first-order valence-electron chi connectivity index (χ1n) is 12.3. The highest BCUT2D eigenvalue weighted by Gasteiger charge is 2.31. The molecule has 2 aromatic carbocycles. The van der Waals surface area contributed by atoms with Crippen LogP contribution in [0.5, 0.6) is 5.75 Å². The Hall–Kier alpha value is -3.00. The molecule has 2 unspecified atom stereocenters. The molecule has 0 aliphatic carbocycles. The molecule has 4 rings (SSSR count). The normalized spacial score (nSPS) is 18.2. The third-order valence-electron chi connectivity index (χ3n) is 6.68. The third kappa shape index (κ3) is 6.70. The van der Waals surface area contributed by atoms with Gasteiger partial charge >= 0.3 is 6.18 Å². The van der Waals surface area contributed by atoms with E-state index in [0.717, 1.165) is 35.8 Å². The van der Waals surface area contributed by atoms with Crippen molar-refractivity contribution in [3.63, 3.8) is 0 Å². The molecule has 0 spiro atoms. The first-order chi connectivity index (χ1) is 18.2. The van der Waals surface area contributed by atoms with Crippen LogP contribution in [0.15, 0.2) is 47.4 Å². The number of hydrogen-bond acceptors (Lipinski definition) is 6. The van der Waals surface area contributed by atoms with Crippen LogP contribution in [0.3, 0.4) is 0 Å². The van der Waals surface area contributed by atoms with E-state index in [1.807, 2.05) is 30.5 Å². The van der Waals surface area contributed by atoms with Gasteiger partial charge in [0.05, 0.1) is 42.7 Å². The van der Waals surface area contributed by atoms with Crippen molar-refractivity contribution >= 4 is 34.0 Å². The number of aromatic nitrogens is 1. The second-order valence-corrected chi connectivity index (χ2v) is 10.1. The minimum atomic E-state index is -4.38. The SMILES string of the molecule is COc1cc(SC)ccc1NCC#Cc1cc2c(NC3CCN(C)CC3OC)cccc2n1CC(F)(F)F. The number of thioether (sulfide) groups is 1. The topological polar surface area (TPSA) is 50.7 Å². The average molecular weight is 547 g/mol. The average Bonchev–Trinajstić information content (AvgIpc) is 3.24. The fraction of sp³-hybridized carbons (Fsp3) is 0.429. The Labute approximate surface area is 225 Å². The van der Waals surface area contributed by atoms with Crippen LogP contribution >= 0.6 is 11.8 Å². The summed E-state index contributed by atoms with van der Waals surface area (Å²) in [5.41, 5.74) is 2.35. The molecule has 0 amide bonds. The number of rotatable bonds is 8. The summed E-state index contributed by atoms with van der Waals surface area (Å²) in [6, 6.07) is 13.0. The van der Waals surface area contributed by atoms with Gasteiger partial charge in [0.1, 0.15) is 12.3 Å². The summed E-state index contributed by atoms with van der Waals surface area (Å²) in [5.74, 6) is 6.63. The van der Waals surface area contributed by atoms with Crippen molar-refractivity contribution in [2.24, 2.45) is 0 Å². The van der Waals surface area contributed by atoms with E-state index in [4.69, 9.17) is 9.47 Å². The second-order valence-electron chi connectivity index (χ2n) is 9.27. The molecule has 38 heavy (non-hydrogen) atoms. The minimum absolute atomic E-state index is 0.0198. The third-order valence-corrected chi connectivity index (χ3v) is 7.41. The van der Waals surface area contributed by atoms with Crippen LogP contribution in [0.1, 0.15) is 12.1 Å². The standard InChI is InChI=1S/C28H33F3N4O2S/c1-34-14-12-24(27(17-34)37-3)33-22-8-5-9-25-21(22)15-19(35(25)18-28(29,30)31)7-6-13-32-23-11-10-20(38-4)16-26(23)36-2/h5,8-11,15-16,24,27,32-33H,12-14,17-18H2,1-4H3. The molecule has 0 radical (unpaired) electrons. The van der Waals surface area contributed by atoms with Crippen LogP contribution in [0.25, 0.3) is 10.9 Å². The van der Waals surface area contributed by atoms with Crippen molar-refractivity contribution < 1.29 is 22.6 Å². The number of alkyl halides is 3. The molecular weight excluding hydrogens is 513 g/mol. The fourth-order valence-electron chi connectivity index (χ4n) is 4.76. The van der Waals surface area contributed by atoms with E-state index in [1.54, 1.807) is 44.2 Å². The van der Waals surface area contributed by atoms with Crippen molar-refractivity contribution in [2.75, 3.05) is 57.8 Å². The smallest absolute Gasteiger partial charge is 0.406 e. The predicted molar refractivity (Wildman–Crippen MR) is 148 cm³/mol. The lowest BCUT2D eigenvalue weighted by atomic mass is 10.0. The van der Waals surface area contributed by atoms with Gasteiger partial charge in [-0.1, -0.05) is 12.0 Å². The molecule has 1 aliphatic rings. The molecule has 2 N–H and O–H groups in total. The molecule has 1 aliphatic heterocycles. The molecule has 0 bridgehead atoms. The van der Waals surface area contributed by atoms with Gasteiger partial charge in [0.25, 0.3) is 0 Å². The number of halogens is 3. The summed E-state index contributed by atoms with van der Waals surface area (Å²) in [4.78, 5) is 3.28. The largest absolute Gasteiger partial charge is 0.495 e. The zero-order valence-corrected chi connectivity index (χ0v) is 22.8. The number of likely N-dealkylation sites (tertiary alicyclic amines) is 1. The molecule has 1 saturated heterocycles. The van der Waals surface area contributed by atoms with E-state index in [2.05, 4.69) is 34.4 Å². The van der Waals surface area contributed by atoms with E-state index >= 15 is 0 Å². The molecule has 1 fully saturated rings. The summed E-state index contributed by atoms with van der Waals surface area (Å²) in [7, 11) is 5.33. The van der Waals surface area contributed by atoms with E-state index in [1.165, 1.54) is 4.57 Å². The quantitative estimate of drug-likeness (QED) is 0.286. The maximum atomic E-state index is 13.6. The number of nitrogens with one attached hydrogen (secondary N) is 2. The number of hydrogen-bond donors (Lipinski definition) is 2. The van der Waals surface area contributed by atoms with E-state index in [-0.39, 0.29) is 18.7 Å². The van der Waals surface area contributed by atoms with Gasteiger partial charge < -0.3 is 29.6 Å². The number of piperidine rings is 1. The van der Waals surface area contributed by atoms with Gasteiger partial charge in [0.15, 0.2) is 0 Å². The molecule has 1 aromatic heterocycles. The number of methoxy groups -OCH3 is 2. The molecule has 6 nitrogen and oxygen atoms in total. The molecule has 2 heterocycles. The molecule has 0 saturated carbocycles. The van der Waals surface area contributed by atoms with E-state index in [9.17, 15) is 13.2 Å². The van der Waals surface area contributed by atoms with Crippen molar-refractivity contribution in [3.8, 4) is 17.6 Å². The summed E-state index contributed by atoms with van der Waals surface area (Å²) >= 11 is 1.61. The zero-order chi connectivity index (χ0) is 27.3. The van der Waals surface area contributed by atoms with Crippen LogP contribution in [0.4, 0.5) is 24.5 Å². The maximum absolute atomic E-state index is 13.6. The monoisotopic (exact) mass is 546 g/mol. The minimum Gasteiger partial charge on any atom is -0.495 e. The van der Waals surface area contributed by atoms with Gasteiger partial charge in [-0.05, 0) is 68.6 Å². The maximum Gasteiger partial charge on any atom is 0.406 e. The van der Waals surface area contributed by atoms with Crippen LogP contribution in [-0.2, 0) is 11.3 Å². The summed E-state index contributed by atoms with van der Waals surface area (Å²) in [5, 5.41) is 7.44. The highest BCUT2D eigenvalue weighted by Crippen LogP contribution is 2.32. The molecular formula is C28H33F3N4O2S. The Bertz CT molecular complexity index is 1320. The number of nitrogens with zero attached hydrogens (tertiary/aromatic N) is 2. The van der Waals surface area contributed by atoms with Crippen molar-refractivity contribution in [2.45, 2.75) is 36.2 Å². The fourth-order valence-corrected chi connectivity index (χ4v) is 5.19. The zero-order valence-electron chi connectivity index (χ0n) is 22.0. The second kappa shape index (κ2) is 12.2. The molecule has 3 aromatic rings. The van der Waals surface area contributed by atoms with Gasteiger partial charge in [-0.3, -0.25) is 0 Å². The van der Waals surface area contributed by atoms with Gasteiger partial charge in [-0.15, -0.1) is 11.8 Å². The Morgan fingerprint density at radius 3 is 2.66 bits per heavy atom. The lowest BCUT2D eigenvalue weighted by Gasteiger charge is -2.36. The Morgan fingerprint density at radius 1 is 1.13 bits per heavy atom. The summed E-state index contributed by atoms with van der Waals surface area (Å²) in [6.45, 7) is 0.833. The first kappa shape index (κ1) is 28.0. The molecule has 10 heteroatoms. The first-order valence-corrected chi connectivity index (χ1v) is 13.6. The highest BCUT2D eigenvalue weighted by atomic mass is 32.2. The van der Waals surface area contributed by atoms with E-state index in [0.29, 0.717) is 22.3 Å². The van der Waals surface area contributed by atoms with Crippen LogP contribution in [0, 0.1) is 11.8 Å². The number of fused-ring (bicyclic) bond motifs is 1. The lowest BCUT2D eigenvalue weighted by Crippen LogP contribution is -2.49. The van der Waals surface area contributed by atoms with Crippen molar-refractivity contribution in [1.29, 1.82) is 0 Å². The Kier molecular flexibility index (Phi) is 9.03. The Morgan fingerprint density at radius 2 is 1.95 bits per heavy atom. The summed E-state index contributed by atoms with van der Waals surface area (Å²) in [6.07, 6.45) is -1.55. The lowest BCUT2D eigenvalue weighted by molar-refractivity contribution is -0.140. The van der Waals surface area contributed by atoms with Crippen LogP contribution in [-0.4, -0.2) is 74.9 Å². The number of likely N-dealkylation sites (N-methyl/N-ethyl adjacent to an activating group) is 1. The number of ether oxygens (including phenoxy) is 2. The summed E-state index contributed by atoms with van der Waals surface area (Å²) < 4.78 is 53.0. The predicted octanol–water partition coefficient (Wildman–Crippen LogP) is 5.53. The number of benzene rings is 2. The van der Waals surface area contributed by atoms with Crippen LogP contribution < -0.4 is 15.4 Å². The van der Waals surface area contributed by atoms with Crippen LogP contribution in [0.2, 0.25) is 0 Å². The van der Waals surface area contributed by atoms with Gasteiger partial charge in [-0.25, -0.2) is 0 Å². The molecule has 2 atom stereocenters. The van der Waals surface area contributed by atoms with Gasteiger partial charge in [0.2, 0.25) is 0 Å². The van der Waals surface area contributed by atoms with E-state index < -0.39 is 12.7 Å².